The summed E-state index contributed by atoms with van der Waals surface area (Å²) in [7, 11) is -7.88. The van der Waals surface area contributed by atoms with Gasteiger partial charge in [0.05, 0.1) is 0 Å². The molecule has 10 nitrogen and oxygen atoms in total. The SMILES string of the molecule is O=P12OOc3c(c4c(c5c3OP(=O)(O4)O5)OO1)O2. The third kappa shape index (κ3) is 0.874. The van der Waals surface area contributed by atoms with E-state index in [1.165, 1.54) is 0 Å². The van der Waals surface area contributed by atoms with Gasteiger partial charge in [0.15, 0.2) is 0 Å². The predicted octanol–water partition coefficient (Wildman–Crippen LogP) is 2.09. The molecular formula is C6O10P2. The molecule has 4 aliphatic heterocycles. The number of phosphoric acid groups is 2. The molecule has 0 spiro atoms. The molecule has 0 radical (unpaired) electrons. The third-order valence-electron chi connectivity index (χ3n) is 2.47. The van der Waals surface area contributed by atoms with Crippen LogP contribution in [0.3, 0.4) is 0 Å². The Bertz CT molecular complexity index is 724. The Morgan fingerprint density at radius 1 is 0.556 bits per heavy atom. The Morgan fingerprint density at radius 2 is 0.944 bits per heavy atom. The van der Waals surface area contributed by atoms with Gasteiger partial charge in [-0.25, -0.2) is 4.57 Å². The van der Waals surface area contributed by atoms with Crippen molar-refractivity contribution in [1.82, 2.24) is 0 Å². The second-order valence-electron chi connectivity index (χ2n) is 3.55. The third-order valence-corrected chi connectivity index (χ3v) is 4.61. The van der Waals surface area contributed by atoms with Gasteiger partial charge >= 0.3 is 15.6 Å². The normalized spacial score (nSPS) is 35.6. The minimum Gasteiger partial charge on any atom is -0.392 e. The van der Waals surface area contributed by atoms with E-state index in [4.69, 9.17) is 27.9 Å². The molecule has 0 amide bonds. The van der Waals surface area contributed by atoms with Gasteiger partial charge in [-0.1, -0.05) is 9.35 Å². The molecule has 0 aliphatic carbocycles. The van der Waals surface area contributed by atoms with Gasteiger partial charge in [0, 0.05) is 0 Å². The fourth-order valence-electron chi connectivity index (χ4n) is 1.81. The van der Waals surface area contributed by atoms with E-state index in [0.717, 1.165) is 0 Å². The number of benzene rings is 1. The van der Waals surface area contributed by atoms with Gasteiger partial charge in [0.2, 0.25) is 23.0 Å². The van der Waals surface area contributed by atoms with E-state index in [0.29, 0.717) is 0 Å². The molecule has 0 fully saturated rings. The number of rotatable bonds is 0. The average Bonchev–Trinajstić information content (AvgIpc) is 2.51. The van der Waals surface area contributed by atoms with E-state index in [1.807, 2.05) is 0 Å². The van der Waals surface area contributed by atoms with E-state index in [2.05, 4.69) is 9.35 Å². The Morgan fingerprint density at radius 3 is 1.39 bits per heavy atom. The molecule has 0 aromatic heterocycles. The van der Waals surface area contributed by atoms with Crippen molar-refractivity contribution in [2.24, 2.45) is 0 Å². The van der Waals surface area contributed by atoms with Crippen LogP contribution in [0.4, 0.5) is 0 Å². The molecule has 0 saturated carbocycles. The van der Waals surface area contributed by atoms with Crippen molar-refractivity contribution < 1.29 is 46.3 Å². The van der Waals surface area contributed by atoms with E-state index in [-0.39, 0.29) is 34.5 Å². The first-order valence-corrected chi connectivity index (χ1v) is 7.44. The molecule has 1 aromatic carbocycles. The van der Waals surface area contributed by atoms with Crippen molar-refractivity contribution in [2.75, 3.05) is 0 Å². The van der Waals surface area contributed by atoms with Crippen molar-refractivity contribution >= 4 is 15.6 Å². The summed E-state index contributed by atoms with van der Waals surface area (Å²) in [6, 6.07) is 0. The van der Waals surface area contributed by atoms with Gasteiger partial charge in [0.25, 0.3) is 11.5 Å². The Hall–Kier alpha value is -1.60. The summed E-state index contributed by atoms with van der Waals surface area (Å²) in [5, 5.41) is 0. The zero-order valence-electron chi connectivity index (χ0n) is 7.98. The summed E-state index contributed by atoms with van der Waals surface area (Å²) < 4.78 is 52.6. The van der Waals surface area contributed by atoms with Crippen LogP contribution in [0.1, 0.15) is 0 Å². The monoisotopic (exact) mass is 294 g/mol. The van der Waals surface area contributed by atoms with Crippen LogP contribution in [0, 0.1) is 0 Å². The zero-order valence-corrected chi connectivity index (χ0v) is 9.77. The topological polar surface area (TPSA) is 108 Å². The van der Waals surface area contributed by atoms with Gasteiger partial charge < -0.3 is 27.9 Å². The summed E-state index contributed by atoms with van der Waals surface area (Å²) in [4.78, 5) is 9.52. The van der Waals surface area contributed by atoms with E-state index in [9.17, 15) is 9.13 Å². The van der Waals surface area contributed by atoms with Crippen LogP contribution in [0.25, 0.3) is 0 Å². The second kappa shape index (κ2) is 2.41. The van der Waals surface area contributed by atoms with Gasteiger partial charge in [-0.3, -0.25) is 0 Å². The lowest BCUT2D eigenvalue weighted by Crippen LogP contribution is -2.09. The van der Waals surface area contributed by atoms with E-state index >= 15 is 0 Å². The zero-order chi connectivity index (χ0) is 12.1. The van der Waals surface area contributed by atoms with Crippen molar-refractivity contribution in [2.45, 2.75) is 0 Å². The maximum Gasteiger partial charge on any atom is 0.647 e. The number of fused-ring (bicyclic) bond motifs is 3. The summed E-state index contributed by atoms with van der Waals surface area (Å²) in [6.07, 6.45) is 0. The molecule has 4 aliphatic rings. The van der Waals surface area contributed by atoms with Crippen LogP contribution in [0.5, 0.6) is 34.5 Å². The van der Waals surface area contributed by atoms with Gasteiger partial charge in [0.1, 0.15) is 0 Å². The molecule has 0 N–H and O–H groups in total. The van der Waals surface area contributed by atoms with E-state index < -0.39 is 15.6 Å². The molecule has 0 saturated heterocycles. The first-order chi connectivity index (χ1) is 8.57. The van der Waals surface area contributed by atoms with E-state index in [1.54, 1.807) is 0 Å². The number of hydrogen-bond acceptors (Lipinski definition) is 10. The first kappa shape index (κ1) is 9.35. The summed E-state index contributed by atoms with van der Waals surface area (Å²) >= 11 is 0. The molecule has 6 bridgehead atoms. The van der Waals surface area contributed by atoms with Gasteiger partial charge in [-0.15, -0.1) is 0 Å². The van der Waals surface area contributed by atoms with Crippen LogP contribution < -0.4 is 27.9 Å². The van der Waals surface area contributed by atoms with Crippen LogP contribution >= 0.6 is 15.6 Å². The van der Waals surface area contributed by atoms with Crippen LogP contribution in [0.2, 0.25) is 0 Å². The molecule has 12 heteroatoms. The highest BCUT2D eigenvalue weighted by atomic mass is 31.2. The maximum atomic E-state index is 11.9. The van der Waals surface area contributed by atoms with Crippen molar-refractivity contribution in [3.63, 3.8) is 0 Å². The van der Waals surface area contributed by atoms with Crippen LogP contribution in [0.15, 0.2) is 0 Å². The Balaban J connectivity index is 1.95. The fourth-order valence-corrected chi connectivity index (χ4v) is 3.90. The van der Waals surface area contributed by atoms with Crippen molar-refractivity contribution in [3.8, 4) is 34.5 Å². The highest BCUT2D eigenvalue weighted by Gasteiger charge is 2.59. The second-order valence-corrected chi connectivity index (χ2v) is 6.37. The minimum atomic E-state index is -4.07. The summed E-state index contributed by atoms with van der Waals surface area (Å²) in [6.45, 7) is 0. The summed E-state index contributed by atoms with van der Waals surface area (Å²) in [5.41, 5.74) is 0. The molecule has 5 rings (SSSR count). The van der Waals surface area contributed by atoms with Gasteiger partial charge in [-0.2, -0.15) is 4.57 Å². The van der Waals surface area contributed by atoms with Crippen molar-refractivity contribution in [3.05, 3.63) is 0 Å². The molecule has 18 heavy (non-hydrogen) atoms. The summed E-state index contributed by atoms with van der Waals surface area (Å²) in [5.74, 6) is -0.574. The lowest BCUT2D eigenvalue weighted by Gasteiger charge is -2.19. The molecule has 2 unspecified atom stereocenters. The Labute approximate surface area is 97.3 Å². The molecule has 4 heterocycles. The quantitative estimate of drug-likeness (QED) is 0.521. The predicted molar refractivity (Wildman–Crippen MR) is 47.6 cm³/mol. The lowest BCUT2D eigenvalue weighted by molar-refractivity contribution is -0.190. The highest BCUT2D eigenvalue weighted by molar-refractivity contribution is 7.50. The fraction of sp³-hybridized carbons (Fsp3) is 0. The number of hydrogen-bond donors (Lipinski definition) is 0. The Kier molecular flexibility index (Phi) is 1.25. The largest absolute Gasteiger partial charge is 0.647 e. The highest BCUT2D eigenvalue weighted by Crippen LogP contribution is 2.79. The maximum absolute atomic E-state index is 11.9. The molecule has 94 valence electrons. The average molecular weight is 294 g/mol. The smallest absolute Gasteiger partial charge is 0.392 e. The van der Waals surface area contributed by atoms with Crippen LogP contribution in [-0.4, -0.2) is 0 Å². The molecule has 2 atom stereocenters. The molecular weight excluding hydrogens is 294 g/mol. The minimum absolute atomic E-state index is 0.0408. The van der Waals surface area contributed by atoms with Crippen LogP contribution in [-0.2, 0) is 18.5 Å². The van der Waals surface area contributed by atoms with Gasteiger partial charge in [-0.05, 0) is 0 Å². The first-order valence-electron chi connectivity index (χ1n) is 4.52. The number of phosphoric ester groups is 1. The lowest BCUT2D eigenvalue weighted by atomic mass is 10.2. The standard InChI is InChI=1S/C6O10P2/c7-17-11-3-1-5(13-17)6-2(4(3)12-17)10-16-18(8,14-6)15-9-1. The van der Waals surface area contributed by atoms with Crippen molar-refractivity contribution in [1.29, 1.82) is 0 Å². The molecule has 1 aromatic rings.